The lowest BCUT2D eigenvalue weighted by Crippen LogP contribution is -1.95. The Labute approximate surface area is 79.8 Å². The maximum atomic E-state index is 9.20. The summed E-state index contributed by atoms with van der Waals surface area (Å²) in [5.41, 5.74) is 1.99. The molecule has 1 rings (SSSR count). The van der Waals surface area contributed by atoms with Gasteiger partial charge in [0.25, 0.3) is 0 Å². The first kappa shape index (κ1) is 8.93. The van der Waals surface area contributed by atoms with Crippen LogP contribution in [-0.2, 0) is 0 Å². The Bertz CT molecular complexity index is 260. The number of aliphatic hydroxyl groups is 1. The third kappa shape index (κ3) is 2.13. The van der Waals surface area contributed by atoms with Crippen LogP contribution in [0.1, 0.15) is 24.2 Å². The lowest BCUT2D eigenvalue weighted by molar-refractivity contribution is 0.199. The number of aliphatic hydroxyl groups excluding tert-OH is 1. The molecule has 0 unspecified atom stereocenters. The van der Waals surface area contributed by atoms with Crippen LogP contribution in [0.25, 0.3) is 0 Å². The van der Waals surface area contributed by atoms with Gasteiger partial charge in [-0.1, -0.05) is 0 Å². The fourth-order valence-electron chi connectivity index (χ4n) is 0.808. The van der Waals surface area contributed by atoms with E-state index in [0.717, 1.165) is 14.8 Å². The zero-order valence-electron chi connectivity index (χ0n) is 6.50. The molecule has 0 bridgehead atoms. The summed E-state index contributed by atoms with van der Waals surface area (Å²) in [4.78, 5) is 4.13. The number of aromatic nitrogens is 1. The normalized spacial score (nSPS) is 13.1. The minimum absolute atomic E-state index is 0.418. The molecule has 1 heterocycles. The van der Waals surface area contributed by atoms with Crippen molar-refractivity contribution >= 4 is 22.6 Å². The minimum atomic E-state index is -0.418. The van der Waals surface area contributed by atoms with E-state index in [0.29, 0.717) is 0 Å². The molecule has 0 fully saturated rings. The van der Waals surface area contributed by atoms with E-state index in [1.807, 2.05) is 13.0 Å². The molecule has 0 radical (unpaired) electrons. The number of pyridine rings is 1. The number of aryl methyl sites for hydroxylation is 1. The molecule has 0 aliphatic rings. The fraction of sp³-hybridized carbons (Fsp3) is 0.375. The van der Waals surface area contributed by atoms with Gasteiger partial charge in [0.15, 0.2) is 0 Å². The van der Waals surface area contributed by atoms with Crippen molar-refractivity contribution in [3.8, 4) is 0 Å². The van der Waals surface area contributed by atoms with Crippen LogP contribution < -0.4 is 0 Å². The van der Waals surface area contributed by atoms with Gasteiger partial charge in [-0.05, 0) is 53.6 Å². The highest BCUT2D eigenvalue weighted by Gasteiger charge is 2.02. The summed E-state index contributed by atoms with van der Waals surface area (Å²) in [6, 6.07) is 1.96. The van der Waals surface area contributed by atoms with Gasteiger partial charge in [-0.3, -0.25) is 0 Å². The zero-order chi connectivity index (χ0) is 8.43. The van der Waals surface area contributed by atoms with E-state index in [4.69, 9.17) is 0 Å². The molecule has 11 heavy (non-hydrogen) atoms. The summed E-state index contributed by atoms with van der Waals surface area (Å²) >= 11 is 2.17. The maximum Gasteiger partial charge on any atom is 0.104 e. The second kappa shape index (κ2) is 3.49. The highest BCUT2D eigenvalue weighted by atomic mass is 127. The van der Waals surface area contributed by atoms with E-state index < -0.39 is 6.10 Å². The van der Waals surface area contributed by atoms with Crippen molar-refractivity contribution in [1.29, 1.82) is 0 Å². The van der Waals surface area contributed by atoms with Crippen LogP contribution in [0.2, 0.25) is 0 Å². The Morgan fingerprint density at radius 3 is 2.73 bits per heavy atom. The Balaban J connectivity index is 3.05. The van der Waals surface area contributed by atoms with Crippen LogP contribution >= 0.6 is 22.6 Å². The minimum Gasteiger partial charge on any atom is -0.389 e. The Morgan fingerprint density at radius 2 is 2.27 bits per heavy atom. The molecular weight excluding hydrogens is 253 g/mol. The van der Waals surface area contributed by atoms with Crippen molar-refractivity contribution in [2.75, 3.05) is 0 Å². The number of nitrogens with zero attached hydrogens (tertiary/aromatic N) is 1. The Kier molecular flexibility index (Phi) is 2.84. The van der Waals surface area contributed by atoms with Gasteiger partial charge in [0.1, 0.15) is 3.70 Å². The summed E-state index contributed by atoms with van der Waals surface area (Å²) in [6.07, 6.45) is 1.29. The van der Waals surface area contributed by atoms with Crippen LogP contribution in [0.4, 0.5) is 0 Å². The first-order valence-corrected chi connectivity index (χ1v) is 4.49. The molecule has 0 aliphatic carbocycles. The van der Waals surface area contributed by atoms with Gasteiger partial charge in [-0.25, -0.2) is 4.98 Å². The number of rotatable bonds is 1. The SMILES string of the molecule is Cc1cc([C@@H](C)O)cnc1I. The van der Waals surface area contributed by atoms with Gasteiger partial charge in [0.2, 0.25) is 0 Å². The molecule has 0 saturated carbocycles. The van der Waals surface area contributed by atoms with Crippen LogP contribution in [0.3, 0.4) is 0 Å². The molecule has 1 atom stereocenters. The first-order valence-electron chi connectivity index (χ1n) is 3.41. The summed E-state index contributed by atoms with van der Waals surface area (Å²) in [6.45, 7) is 3.73. The number of halogens is 1. The Hall–Kier alpha value is -0.160. The second-order valence-corrected chi connectivity index (χ2v) is 3.57. The number of hydrogen-bond acceptors (Lipinski definition) is 2. The second-order valence-electron chi connectivity index (χ2n) is 2.55. The number of hydrogen-bond donors (Lipinski definition) is 1. The quantitative estimate of drug-likeness (QED) is 0.621. The van der Waals surface area contributed by atoms with E-state index in [-0.39, 0.29) is 0 Å². The van der Waals surface area contributed by atoms with E-state index in [9.17, 15) is 5.11 Å². The van der Waals surface area contributed by atoms with Gasteiger partial charge in [0.05, 0.1) is 6.10 Å². The van der Waals surface area contributed by atoms with Crippen LogP contribution in [0.15, 0.2) is 12.3 Å². The van der Waals surface area contributed by atoms with E-state index >= 15 is 0 Å². The molecule has 0 aromatic carbocycles. The van der Waals surface area contributed by atoms with E-state index in [1.54, 1.807) is 13.1 Å². The zero-order valence-corrected chi connectivity index (χ0v) is 8.66. The van der Waals surface area contributed by atoms with Crippen LogP contribution in [0.5, 0.6) is 0 Å². The molecule has 60 valence electrons. The lowest BCUT2D eigenvalue weighted by atomic mass is 10.1. The summed E-state index contributed by atoms with van der Waals surface area (Å²) < 4.78 is 0.993. The third-order valence-electron chi connectivity index (χ3n) is 1.52. The van der Waals surface area contributed by atoms with Gasteiger partial charge >= 0.3 is 0 Å². The summed E-state index contributed by atoms with van der Waals surface area (Å²) in [5.74, 6) is 0. The highest BCUT2D eigenvalue weighted by molar-refractivity contribution is 14.1. The van der Waals surface area contributed by atoms with Crippen molar-refractivity contribution < 1.29 is 5.11 Å². The molecular formula is C8H10INO. The fourth-order valence-corrected chi connectivity index (χ4v) is 1.10. The topological polar surface area (TPSA) is 33.1 Å². The molecule has 0 aliphatic heterocycles. The van der Waals surface area contributed by atoms with Gasteiger partial charge < -0.3 is 5.11 Å². The Morgan fingerprint density at radius 1 is 1.64 bits per heavy atom. The molecule has 1 N–H and O–H groups in total. The standard InChI is InChI=1S/C8H10INO/c1-5-3-7(6(2)11)4-10-8(5)9/h3-4,6,11H,1-2H3/t6-/m1/s1. The molecule has 0 spiro atoms. The van der Waals surface area contributed by atoms with Gasteiger partial charge in [0, 0.05) is 6.20 Å². The summed E-state index contributed by atoms with van der Waals surface area (Å²) in [7, 11) is 0. The van der Waals surface area contributed by atoms with E-state index in [1.165, 1.54) is 0 Å². The highest BCUT2D eigenvalue weighted by Crippen LogP contribution is 2.15. The van der Waals surface area contributed by atoms with Gasteiger partial charge in [-0.15, -0.1) is 0 Å². The smallest absolute Gasteiger partial charge is 0.104 e. The van der Waals surface area contributed by atoms with Crippen molar-refractivity contribution in [3.05, 3.63) is 27.1 Å². The van der Waals surface area contributed by atoms with Crippen LogP contribution in [0, 0.1) is 10.6 Å². The van der Waals surface area contributed by atoms with Crippen LogP contribution in [-0.4, -0.2) is 10.1 Å². The molecule has 3 heteroatoms. The molecule has 0 amide bonds. The molecule has 1 aromatic heterocycles. The average molecular weight is 263 g/mol. The average Bonchev–Trinajstić information content (AvgIpc) is 1.94. The molecule has 1 aromatic rings. The molecule has 0 saturated heterocycles. The largest absolute Gasteiger partial charge is 0.389 e. The predicted octanol–water partition coefficient (Wildman–Crippen LogP) is 2.05. The monoisotopic (exact) mass is 263 g/mol. The molecule has 2 nitrogen and oxygen atoms in total. The van der Waals surface area contributed by atoms with E-state index in [2.05, 4.69) is 27.6 Å². The third-order valence-corrected chi connectivity index (χ3v) is 2.65. The first-order chi connectivity index (χ1) is 5.11. The van der Waals surface area contributed by atoms with Crippen molar-refractivity contribution in [3.63, 3.8) is 0 Å². The maximum absolute atomic E-state index is 9.20. The van der Waals surface area contributed by atoms with Gasteiger partial charge in [-0.2, -0.15) is 0 Å². The van der Waals surface area contributed by atoms with Crippen molar-refractivity contribution in [1.82, 2.24) is 4.98 Å². The van der Waals surface area contributed by atoms with Crippen molar-refractivity contribution in [2.45, 2.75) is 20.0 Å². The predicted molar refractivity (Wildman–Crippen MR) is 52.3 cm³/mol. The summed E-state index contributed by atoms with van der Waals surface area (Å²) in [5, 5.41) is 9.20. The van der Waals surface area contributed by atoms with Crippen molar-refractivity contribution in [2.24, 2.45) is 0 Å². The lowest BCUT2D eigenvalue weighted by Gasteiger charge is -2.05.